The van der Waals surface area contributed by atoms with E-state index in [1.165, 1.54) is 0 Å². The van der Waals surface area contributed by atoms with Gasteiger partial charge in [0.1, 0.15) is 11.6 Å². The average Bonchev–Trinajstić information content (AvgIpc) is 2.87. The third kappa shape index (κ3) is 3.34. The predicted molar refractivity (Wildman–Crippen MR) is 98.8 cm³/mol. The first-order valence-electron chi connectivity index (χ1n) is 7.78. The van der Waals surface area contributed by atoms with Crippen molar-refractivity contribution in [2.24, 2.45) is 0 Å². The highest BCUT2D eigenvalue weighted by atomic mass is 32.1. The molecular weight excluding hydrogens is 322 g/mol. The Morgan fingerprint density at radius 2 is 1.92 bits per heavy atom. The quantitative estimate of drug-likeness (QED) is 0.670. The number of hydrogen-bond donors (Lipinski definition) is 3. The first-order chi connectivity index (χ1) is 11.2. The van der Waals surface area contributed by atoms with E-state index in [-0.39, 0.29) is 5.75 Å². The molecule has 2 aromatic heterocycles. The predicted octanol–water partition coefficient (Wildman–Crippen LogP) is 3.86. The van der Waals surface area contributed by atoms with Crippen molar-refractivity contribution in [3.63, 3.8) is 0 Å². The second kappa shape index (κ2) is 6.03. The molecule has 0 aliphatic carbocycles. The van der Waals surface area contributed by atoms with E-state index in [2.05, 4.69) is 15.5 Å². The van der Waals surface area contributed by atoms with Crippen LogP contribution in [0.2, 0.25) is 0 Å². The molecule has 0 aliphatic rings. The summed E-state index contributed by atoms with van der Waals surface area (Å²) in [5.74, 6) is 0.844. The number of fused-ring (bicyclic) bond motifs is 1. The van der Waals surface area contributed by atoms with Crippen molar-refractivity contribution in [1.29, 1.82) is 0 Å². The van der Waals surface area contributed by atoms with Gasteiger partial charge in [0.2, 0.25) is 0 Å². The molecule has 0 unspecified atom stereocenters. The van der Waals surface area contributed by atoms with E-state index in [9.17, 15) is 10.2 Å². The topological polar surface area (TPSA) is 78.3 Å². The number of rotatable bonds is 4. The number of phenols is 1. The number of anilines is 1. The van der Waals surface area contributed by atoms with Crippen molar-refractivity contribution in [1.82, 2.24) is 10.2 Å². The van der Waals surface area contributed by atoms with E-state index in [0.717, 1.165) is 20.5 Å². The van der Waals surface area contributed by atoms with Crippen molar-refractivity contribution >= 4 is 27.2 Å². The van der Waals surface area contributed by atoms with Crippen LogP contribution in [0.5, 0.6) is 5.75 Å². The fraction of sp³-hybridized carbons (Fsp3) is 0.333. The van der Waals surface area contributed by atoms with Crippen LogP contribution in [0.15, 0.2) is 24.3 Å². The van der Waals surface area contributed by atoms with Crippen molar-refractivity contribution in [2.75, 3.05) is 11.9 Å². The number of hydrogen-bond acceptors (Lipinski definition) is 6. The van der Waals surface area contributed by atoms with Gasteiger partial charge < -0.3 is 15.5 Å². The number of benzene rings is 1. The highest BCUT2D eigenvalue weighted by molar-refractivity contribution is 7.19. The fourth-order valence-corrected chi connectivity index (χ4v) is 3.49. The van der Waals surface area contributed by atoms with Gasteiger partial charge in [-0.25, -0.2) is 0 Å². The Balaban J connectivity index is 1.96. The van der Waals surface area contributed by atoms with Crippen LogP contribution < -0.4 is 5.32 Å². The molecule has 24 heavy (non-hydrogen) atoms. The number of nitrogens with zero attached hydrogens (tertiary/aromatic N) is 2. The molecule has 3 rings (SSSR count). The summed E-state index contributed by atoms with van der Waals surface area (Å²) < 4.78 is 1.06. The van der Waals surface area contributed by atoms with Crippen LogP contribution in [0, 0.1) is 13.8 Å². The van der Waals surface area contributed by atoms with Crippen LogP contribution in [-0.4, -0.2) is 32.6 Å². The molecule has 0 atom stereocenters. The molecule has 0 aliphatic heterocycles. The van der Waals surface area contributed by atoms with Gasteiger partial charge in [0.25, 0.3) is 0 Å². The zero-order valence-corrected chi connectivity index (χ0v) is 15.0. The molecule has 5 nitrogen and oxygen atoms in total. The van der Waals surface area contributed by atoms with Crippen LogP contribution in [0.25, 0.3) is 21.3 Å². The van der Waals surface area contributed by atoms with E-state index in [1.54, 1.807) is 25.2 Å². The Morgan fingerprint density at radius 1 is 1.17 bits per heavy atom. The lowest BCUT2D eigenvalue weighted by Crippen LogP contribution is -2.29. The summed E-state index contributed by atoms with van der Waals surface area (Å²) in [7, 11) is 0. The van der Waals surface area contributed by atoms with Crippen LogP contribution in [0.4, 0.5) is 5.82 Å². The van der Waals surface area contributed by atoms with Gasteiger partial charge in [-0.05, 0) is 57.5 Å². The zero-order chi connectivity index (χ0) is 17.5. The smallest absolute Gasteiger partial charge is 0.149 e. The molecule has 0 spiro atoms. The highest BCUT2D eigenvalue weighted by Crippen LogP contribution is 2.39. The molecule has 0 bridgehead atoms. The maximum absolute atomic E-state index is 10.6. The van der Waals surface area contributed by atoms with Gasteiger partial charge in [-0.3, -0.25) is 0 Å². The van der Waals surface area contributed by atoms with Crippen molar-refractivity contribution in [3.05, 3.63) is 34.7 Å². The molecule has 0 amide bonds. The van der Waals surface area contributed by atoms with Gasteiger partial charge in [-0.2, -0.15) is 0 Å². The van der Waals surface area contributed by atoms with Crippen LogP contribution in [0.1, 0.15) is 24.3 Å². The Labute approximate surface area is 145 Å². The van der Waals surface area contributed by atoms with Gasteiger partial charge in [-0.15, -0.1) is 21.5 Å². The second-order valence-electron chi connectivity index (χ2n) is 6.66. The lowest BCUT2D eigenvalue weighted by molar-refractivity contribution is 0.0944. The minimum Gasteiger partial charge on any atom is -0.507 e. The third-order valence-corrected chi connectivity index (χ3v) is 4.75. The Hall–Kier alpha value is -2.18. The first kappa shape index (κ1) is 16.7. The summed E-state index contributed by atoms with van der Waals surface area (Å²) in [4.78, 5) is 1.16. The Bertz CT molecular complexity index is 897. The molecule has 0 radical (unpaired) electrons. The average molecular weight is 343 g/mol. The summed E-state index contributed by atoms with van der Waals surface area (Å²) in [5.41, 5.74) is 1.42. The minimum atomic E-state index is -0.825. The summed E-state index contributed by atoms with van der Waals surface area (Å²) in [6.45, 7) is 7.79. The van der Waals surface area contributed by atoms with E-state index in [0.29, 0.717) is 23.6 Å². The standard InChI is InChI=1S/C18H21N3O2S/c1-10-7-15(19-9-18(3,4)23)20-21-16(10)12-5-6-14-13(17(12)22)8-11(2)24-14/h5-8,22-23H,9H2,1-4H3,(H,19,20). The molecule has 3 N–H and O–H groups in total. The van der Waals surface area contributed by atoms with Crippen molar-refractivity contribution < 1.29 is 10.2 Å². The van der Waals surface area contributed by atoms with Crippen LogP contribution >= 0.6 is 11.3 Å². The fourth-order valence-electron chi connectivity index (χ4n) is 2.56. The Morgan fingerprint density at radius 3 is 2.58 bits per heavy atom. The van der Waals surface area contributed by atoms with E-state index in [4.69, 9.17) is 0 Å². The van der Waals surface area contributed by atoms with Gasteiger partial charge in [0, 0.05) is 27.1 Å². The third-order valence-electron chi connectivity index (χ3n) is 3.74. The van der Waals surface area contributed by atoms with E-state index >= 15 is 0 Å². The maximum Gasteiger partial charge on any atom is 0.149 e. The highest BCUT2D eigenvalue weighted by Gasteiger charge is 2.16. The molecule has 3 aromatic rings. The zero-order valence-electron chi connectivity index (χ0n) is 14.2. The molecule has 126 valence electrons. The number of nitrogens with one attached hydrogen (secondary N) is 1. The van der Waals surface area contributed by atoms with E-state index < -0.39 is 5.60 Å². The number of aromatic hydroxyl groups is 1. The normalized spacial score (nSPS) is 11.9. The lowest BCUT2D eigenvalue weighted by atomic mass is 10.0. The largest absolute Gasteiger partial charge is 0.507 e. The number of aliphatic hydroxyl groups is 1. The van der Waals surface area contributed by atoms with Crippen molar-refractivity contribution in [2.45, 2.75) is 33.3 Å². The molecule has 0 fully saturated rings. The number of aryl methyl sites for hydroxylation is 2. The second-order valence-corrected chi connectivity index (χ2v) is 7.95. The monoisotopic (exact) mass is 343 g/mol. The maximum atomic E-state index is 10.6. The lowest BCUT2D eigenvalue weighted by Gasteiger charge is -2.18. The molecule has 0 saturated heterocycles. The van der Waals surface area contributed by atoms with Gasteiger partial charge in [-0.1, -0.05) is 0 Å². The summed E-state index contributed by atoms with van der Waals surface area (Å²) >= 11 is 1.66. The number of aromatic nitrogens is 2. The van der Waals surface area contributed by atoms with Gasteiger partial charge in [0.05, 0.1) is 11.3 Å². The molecule has 6 heteroatoms. The van der Waals surface area contributed by atoms with E-state index in [1.807, 2.05) is 38.1 Å². The van der Waals surface area contributed by atoms with Crippen molar-refractivity contribution in [3.8, 4) is 17.0 Å². The van der Waals surface area contributed by atoms with Gasteiger partial charge in [0.15, 0.2) is 0 Å². The molecule has 0 saturated carbocycles. The molecule has 2 heterocycles. The molecular formula is C18H21N3O2S. The van der Waals surface area contributed by atoms with Crippen LogP contribution in [-0.2, 0) is 0 Å². The first-order valence-corrected chi connectivity index (χ1v) is 8.59. The minimum absolute atomic E-state index is 0.242. The summed E-state index contributed by atoms with van der Waals surface area (Å²) in [6.07, 6.45) is 0. The number of phenolic OH excluding ortho intramolecular Hbond substituents is 1. The number of thiophene rings is 1. The Kier molecular flexibility index (Phi) is 4.19. The van der Waals surface area contributed by atoms with Crippen LogP contribution in [0.3, 0.4) is 0 Å². The summed E-state index contributed by atoms with van der Waals surface area (Å²) in [6, 6.07) is 7.75. The molecule has 1 aromatic carbocycles. The van der Waals surface area contributed by atoms with Gasteiger partial charge >= 0.3 is 0 Å². The SMILES string of the molecule is Cc1cc2c(O)c(-c3nnc(NCC(C)(C)O)cc3C)ccc2s1. The summed E-state index contributed by atoms with van der Waals surface area (Å²) in [5, 5.41) is 32.7.